The molecule has 1 saturated carbocycles. The number of thioether (sulfide) groups is 1. The SMILES string of the molecule is CCOC(=O)C1CC(C)CCC1CSc1ccc(F)cc1. The molecule has 0 aliphatic heterocycles. The van der Waals surface area contributed by atoms with Crippen molar-refractivity contribution in [2.24, 2.45) is 17.8 Å². The molecule has 0 N–H and O–H groups in total. The fraction of sp³-hybridized carbons (Fsp3) is 0.588. The van der Waals surface area contributed by atoms with Crippen LogP contribution in [0, 0.1) is 23.6 Å². The maximum absolute atomic E-state index is 12.9. The van der Waals surface area contributed by atoms with Crippen LogP contribution in [0.15, 0.2) is 29.2 Å². The lowest BCUT2D eigenvalue weighted by Crippen LogP contribution is -2.33. The molecule has 1 aliphatic rings. The summed E-state index contributed by atoms with van der Waals surface area (Å²) in [6.07, 6.45) is 3.16. The molecule has 116 valence electrons. The third-order valence-corrected chi connectivity index (χ3v) is 5.32. The molecular formula is C17H23FO2S. The lowest BCUT2D eigenvalue weighted by molar-refractivity contribution is -0.151. The van der Waals surface area contributed by atoms with Crippen molar-refractivity contribution >= 4 is 17.7 Å². The van der Waals surface area contributed by atoms with Crippen LogP contribution in [0.3, 0.4) is 0 Å². The number of halogens is 1. The molecule has 0 spiro atoms. The molecule has 21 heavy (non-hydrogen) atoms. The minimum atomic E-state index is -0.213. The lowest BCUT2D eigenvalue weighted by atomic mass is 9.75. The highest BCUT2D eigenvalue weighted by atomic mass is 32.2. The summed E-state index contributed by atoms with van der Waals surface area (Å²) >= 11 is 1.70. The summed E-state index contributed by atoms with van der Waals surface area (Å²) in [5.41, 5.74) is 0. The summed E-state index contributed by atoms with van der Waals surface area (Å²) < 4.78 is 18.1. The number of ether oxygens (including phenoxy) is 1. The molecule has 1 aromatic rings. The molecule has 0 amide bonds. The van der Waals surface area contributed by atoms with E-state index in [0.29, 0.717) is 18.4 Å². The molecule has 2 rings (SSSR count). The summed E-state index contributed by atoms with van der Waals surface area (Å²) in [4.78, 5) is 13.2. The predicted molar refractivity (Wildman–Crippen MR) is 83.8 cm³/mol. The molecule has 2 nitrogen and oxygen atoms in total. The normalized spacial score (nSPS) is 25.6. The zero-order valence-electron chi connectivity index (χ0n) is 12.7. The average molecular weight is 310 g/mol. The van der Waals surface area contributed by atoms with Crippen LogP contribution in [-0.4, -0.2) is 18.3 Å². The van der Waals surface area contributed by atoms with E-state index in [1.165, 1.54) is 18.6 Å². The standard InChI is InChI=1S/C17H23FO2S/c1-3-20-17(19)16-10-12(2)4-5-13(16)11-21-15-8-6-14(18)7-9-15/h6-9,12-13,16H,3-5,10-11H2,1-2H3. The Bertz CT molecular complexity index is 460. The zero-order chi connectivity index (χ0) is 15.2. The number of benzene rings is 1. The molecular weight excluding hydrogens is 287 g/mol. The molecule has 0 heterocycles. The van der Waals surface area contributed by atoms with Gasteiger partial charge in [0.05, 0.1) is 12.5 Å². The van der Waals surface area contributed by atoms with Gasteiger partial charge in [0.2, 0.25) is 0 Å². The molecule has 1 fully saturated rings. The largest absolute Gasteiger partial charge is 0.466 e. The zero-order valence-corrected chi connectivity index (χ0v) is 13.5. The Morgan fingerprint density at radius 1 is 1.33 bits per heavy atom. The number of hydrogen-bond acceptors (Lipinski definition) is 3. The van der Waals surface area contributed by atoms with Gasteiger partial charge in [-0.3, -0.25) is 4.79 Å². The highest BCUT2D eigenvalue weighted by Gasteiger charge is 2.34. The molecule has 1 aromatic carbocycles. The summed E-state index contributed by atoms with van der Waals surface area (Å²) in [6.45, 7) is 4.50. The second-order valence-electron chi connectivity index (χ2n) is 5.80. The number of rotatable bonds is 5. The molecule has 0 saturated heterocycles. The molecule has 0 aromatic heterocycles. The van der Waals surface area contributed by atoms with E-state index in [0.717, 1.165) is 23.5 Å². The predicted octanol–water partition coefficient (Wildman–Crippen LogP) is 4.53. The van der Waals surface area contributed by atoms with Gasteiger partial charge < -0.3 is 4.74 Å². The summed E-state index contributed by atoms with van der Waals surface area (Å²) in [7, 11) is 0. The molecule has 4 heteroatoms. The molecule has 1 aliphatic carbocycles. The number of hydrogen-bond donors (Lipinski definition) is 0. The fourth-order valence-corrected chi connectivity index (χ4v) is 4.05. The topological polar surface area (TPSA) is 26.3 Å². The molecule has 3 unspecified atom stereocenters. The summed E-state index contributed by atoms with van der Waals surface area (Å²) in [5.74, 6) is 1.59. The third-order valence-electron chi connectivity index (χ3n) is 4.12. The van der Waals surface area contributed by atoms with Crippen LogP contribution in [0.1, 0.15) is 33.1 Å². The van der Waals surface area contributed by atoms with Gasteiger partial charge in [-0.2, -0.15) is 0 Å². The van der Waals surface area contributed by atoms with Crippen LogP contribution in [0.2, 0.25) is 0 Å². The van der Waals surface area contributed by atoms with Gasteiger partial charge in [0.1, 0.15) is 5.82 Å². The van der Waals surface area contributed by atoms with Crippen LogP contribution in [-0.2, 0) is 9.53 Å². The van der Waals surface area contributed by atoms with Gasteiger partial charge in [-0.1, -0.05) is 13.3 Å². The monoisotopic (exact) mass is 310 g/mol. The first-order valence-corrected chi connectivity index (χ1v) is 8.63. The van der Waals surface area contributed by atoms with Crippen molar-refractivity contribution in [3.63, 3.8) is 0 Å². The number of carbonyl (C=O) groups is 1. The Morgan fingerprint density at radius 3 is 2.71 bits per heavy atom. The third kappa shape index (κ3) is 4.73. The van der Waals surface area contributed by atoms with E-state index in [-0.39, 0.29) is 17.7 Å². The van der Waals surface area contributed by atoms with Crippen molar-refractivity contribution in [1.29, 1.82) is 0 Å². The van der Waals surface area contributed by atoms with Crippen molar-refractivity contribution in [3.05, 3.63) is 30.1 Å². The van der Waals surface area contributed by atoms with E-state index in [1.54, 1.807) is 23.9 Å². The number of esters is 1. The maximum atomic E-state index is 12.9. The van der Waals surface area contributed by atoms with Crippen LogP contribution in [0.5, 0.6) is 0 Å². The second kappa shape index (κ2) is 7.83. The Labute approximate surface area is 130 Å². The van der Waals surface area contributed by atoms with Gasteiger partial charge in [-0.05, 0) is 55.9 Å². The summed E-state index contributed by atoms with van der Waals surface area (Å²) in [5, 5.41) is 0. The Morgan fingerprint density at radius 2 is 2.05 bits per heavy atom. The van der Waals surface area contributed by atoms with Crippen LogP contribution in [0.4, 0.5) is 4.39 Å². The Kier molecular flexibility index (Phi) is 6.09. The van der Waals surface area contributed by atoms with E-state index in [2.05, 4.69) is 6.92 Å². The maximum Gasteiger partial charge on any atom is 0.309 e. The van der Waals surface area contributed by atoms with E-state index in [9.17, 15) is 9.18 Å². The van der Waals surface area contributed by atoms with Gasteiger partial charge in [0.15, 0.2) is 0 Å². The van der Waals surface area contributed by atoms with Crippen LogP contribution >= 0.6 is 11.8 Å². The van der Waals surface area contributed by atoms with Crippen molar-refractivity contribution in [1.82, 2.24) is 0 Å². The first-order chi connectivity index (χ1) is 10.1. The first kappa shape index (κ1) is 16.3. The van der Waals surface area contributed by atoms with Gasteiger partial charge in [0.25, 0.3) is 0 Å². The first-order valence-electron chi connectivity index (χ1n) is 7.65. The van der Waals surface area contributed by atoms with Crippen molar-refractivity contribution in [2.75, 3.05) is 12.4 Å². The minimum Gasteiger partial charge on any atom is -0.466 e. The second-order valence-corrected chi connectivity index (χ2v) is 6.90. The molecule has 0 radical (unpaired) electrons. The smallest absolute Gasteiger partial charge is 0.309 e. The summed E-state index contributed by atoms with van der Waals surface area (Å²) in [6, 6.07) is 6.55. The Hall–Kier alpha value is -1.03. The van der Waals surface area contributed by atoms with Crippen molar-refractivity contribution in [2.45, 2.75) is 38.0 Å². The van der Waals surface area contributed by atoms with E-state index >= 15 is 0 Å². The highest BCUT2D eigenvalue weighted by molar-refractivity contribution is 7.99. The van der Waals surface area contributed by atoms with Gasteiger partial charge in [-0.15, -0.1) is 11.8 Å². The quantitative estimate of drug-likeness (QED) is 0.590. The van der Waals surface area contributed by atoms with Gasteiger partial charge in [0, 0.05) is 10.6 Å². The van der Waals surface area contributed by atoms with Gasteiger partial charge in [-0.25, -0.2) is 4.39 Å². The van der Waals surface area contributed by atoms with Crippen molar-refractivity contribution < 1.29 is 13.9 Å². The number of carbonyl (C=O) groups excluding carboxylic acids is 1. The van der Waals surface area contributed by atoms with Crippen molar-refractivity contribution in [3.8, 4) is 0 Å². The van der Waals surface area contributed by atoms with Crippen LogP contribution < -0.4 is 0 Å². The van der Waals surface area contributed by atoms with E-state index in [1.807, 2.05) is 6.92 Å². The van der Waals surface area contributed by atoms with Gasteiger partial charge >= 0.3 is 5.97 Å². The molecule has 3 atom stereocenters. The highest BCUT2D eigenvalue weighted by Crippen LogP contribution is 2.37. The van der Waals surface area contributed by atoms with E-state index in [4.69, 9.17) is 4.74 Å². The fourth-order valence-electron chi connectivity index (χ4n) is 2.92. The minimum absolute atomic E-state index is 0.0154. The average Bonchev–Trinajstić information content (AvgIpc) is 2.48. The molecule has 0 bridgehead atoms. The lowest BCUT2D eigenvalue weighted by Gasteiger charge is -2.33. The van der Waals surface area contributed by atoms with E-state index < -0.39 is 0 Å². The van der Waals surface area contributed by atoms with Crippen LogP contribution in [0.25, 0.3) is 0 Å². The Balaban J connectivity index is 1.95.